The second kappa shape index (κ2) is 6.67. The average molecular weight is 357 g/mol. The third kappa shape index (κ3) is 5.69. The highest BCUT2D eigenvalue weighted by Gasteiger charge is 2.36. The Hall–Kier alpha value is -0.930. The van der Waals surface area contributed by atoms with E-state index in [2.05, 4.69) is 9.46 Å². The third-order valence-corrected chi connectivity index (χ3v) is 5.09. The van der Waals surface area contributed by atoms with Crippen molar-refractivity contribution in [2.24, 2.45) is 0 Å². The van der Waals surface area contributed by atoms with E-state index in [1.807, 2.05) is 0 Å². The van der Waals surface area contributed by atoms with Crippen LogP contribution in [0.25, 0.3) is 0 Å². The zero-order valence-corrected chi connectivity index (χ0v) is 14.2. The molecule has 0 aliphatic heterocycles. The van der Waals surface area contributed by atoms with Crippen molar-refractivity contribution in [3.8, 4) is 5.75 Å². The van der Waals surface area contributed by atoms with Crippen LogP contribution in [0.15, 0.2) is 28.0 Å². The molecule has 0 atom stereocenters. The maximum absolute atomic E-state index is 12.5. The molecule has 9 heteroatoms. The lowest BCUT2D eigenvalue weighted by molar-refractivity contribution is -0.275. The van der Waals surface area contributed by atoms with E-state index in [1.54, 1.807) is 27.7 Å². The summed E-state index contributed by atoms with van der Waals surface area (Å²) < 4.78 is 68.8. The van der Waals surface area contributed by atoms with Crippen LogP contribution in [0.5, 0.6) is 5.75 Å². The first-order valence-electron chi connectivity index (χ1n) is 6.41. The fourth-order valence-corrected chi connectivity index (χ4v) is 4.53. The molecule has 0 bridgehead atoms. The molecule has 1 N–H and O–H groups in total. The van der Waals surface area contributed by atoms with E-state index in [4.69, 9.17) is 0 Å². The molecule has 4 nitrogen and oxygen atoms in total. The topological polar surface area (TPSA) is 55.4 Å². The molecule has 0 fully saturated rings. The molecule has 126 valence electrons. The van der Waals surface area contributed by atoms with Gasteiger partial charge in [-0.2, -0.15) is 0 Å². The van der Waals surface area contributed by atoms with Crippen LogP contribution in [0, 0.1) is 0 Å². The first kappa shape index (κ1) is 19.1. The Morgan fingerprint density at radius 1 is 1.23 bits per heavy atom. The van der Waals surface area contributed by atoms with Crippen LogP contribution in [0.1, 0.15) is 27.7 Å². The van der Waals surface area contributed by atoms with E-state index in [1.165, 1.54) is 12.1 Å². The molecule has 0 spiro atoms. The summed E-state index contributed by atoms with van der Waals surface area (Å²) in [5, 5.41) is 0. The van der Waals surface area contributed by atoms with Crippen molar-refractivity contribution in [1.82, 2.24) is 4.72 Å². The first-order chi connectivity index (χ1) is 9.86. The van der Waals surface area contributed by atoms with E-state index in [0.717, 1.165) is 17.8 Å². The van der Waals surface area contributed by atoms with Crippen LogP contribution in [-0.4, -0.2) is 26.1 Å². The van der Waals surface area contributed by atoms with Gasteiger partial charge >= 0.3 is 6.36 Å². The highest BCUT2D eigenvalue weighted by Crippen LogP contribution is 2.37. The largest absolute Gasteiger partial charge is 0.573 e. The molecule has 0 aliphatic rings. The van der Waals surface area contributed by atoms with Gasteiger partial charge in [0, 0.05) is 10.4 Å². The maximum atomic E-state index is 12.5. The number of hydrogen-bond acceptors (Lipinski definition) is 4. The van der Waals surface area contributed by atoms with Gasteiger partial charge in [-0.1, -0.05) is 13.0 Å². The minimum absolute atomic E-state index is 0.209. The number of sulfonamides is 1. The summed E-state index contributed by atoms with van der Waals surface area (Å²) >= 11 is 1.13. The van der Waals surface area contributed by atoms with Gasteiger partial charge in [-0.15, -0.1) is 24.9 Å². The lowest BCUT2D eigenvalue weighted by Crippen LogP contribution is -2.41. The molecule has 0 saturated carbocycles. The summed E-state index contributed by atoms with van der Waals surface area (Å²) in [6, 6.07) is 3.77. The van der Waals surface area contributed by atoms with E-state index < -0.39 is 32.6 Å². The minimum Gasteiger partial charge on any atom is -0.404 e. The van der Waals surface area contributed by atoms with Crippen molar-refractivity contribution in [2.45, 2.75) is 49.4 Å². The predicted octanol–water partition coefficient (Wildman–Crippen LogP) is 3.77. The second-order valence-corrected chi connectivity index (χ2v) is 8.34. The lowest BCUT2D eigenvalue weighted by atomic mass is 10.1. The number of ether oxygens (including phenoxy) is 1. The van der Waals surface area contributed by atoms with Crippen molar-refractivity contribution in [3.05, 3.63) is 18.2 Å². The molecule has 0 saturated heterocycles. The Morgan fingerprint density at radius 3 is 2.27 bits per heavy atom. The van der Waals surface area contributed by atoms with Gasteiger partial charge in [0.25, 0.3) is 0 Å². The Balaban J connectivity index is 3.46. The maximum Gasteiger partial charge on any atom is 0.573 e. The second-order valence-electron chi connectivity index (χ2n) is 5.42. The predicted molar refractivity (Wildman–Crippen MR) is 79.6 cm³/mol. The first-order valence-corrected chi connectivity index (χ1v) is 8.88. The van der Waals surface area contributed by atoms with Crippen molar-refractivity contribution in [3.63, 3.8) is 0 Å². The molecule has 0 amide bonds. The zero-order valence-electron chi connectivity index (χ0n) is 12.6. The average Bonchev–Trinajstić information content (AvgIpc) is 2.23. The molecular weight excluding hydrogens is 339 g/mol. The Bertz CT molecular complexity index is 622. The van der Waals surface area contributed by atoms with E-state index in [0.29, 0.717) is 5.75 Å². The van der Waals surface area contributed by atoms with Crippen LogP contribution < -0.4 is 9.46 Å². The summed E-state index contributed by atoms with van der Waals surface area (Å²) in [6.45, 7) is 6.58. The molecule has 0 radical (unpaired) electrons. The molecule has 0 heterocycles. The lowest BCUT2D eigenvalue weighted by Gasteiger charge is -2.23. The van der Waals surface area contributed by atoms with Gasteiger partial charge in [-0.3, -0.25) is 0 Å². The Labute approximate surface area is 132 Å². The van der Waals surface area contributed by atoms with Gasteiger partial charge < -0.3 is 4.74 Å². The third-order valence-electron chi connectivity index (χ3n) is 2.18. The van der Waals surface area contributed by atoms with Crippen LogP contribution in [0.3, 0.4) is 0 Å². The molecule has 1 aromatic carbocycles. The summed E-state index contributed by atoms with van der Waals surface area (Å²) in [4.78, 5) is -0.282. The van der Waals surface area contributed by atoms with E-state index in [9.17, 15) is 21.6 Å². The summed E-state index contributed by atoms with van der Waals surface area (Å²) in [6.07, 6.45) is -4.97. The molecule has 0 unspecified atom stereocenters. The van der Waals surface area contributed by atoms with Gasteiger partial charge in [-0.25, -0.2) is 13.1 Å². The van der Waals surface area contributed by atoms with Crippen molar-refractivity contribution < 1.29 is 26.3 Å². The van der Waals surface area contributed by atoms with Crippen molar-refractivity contribution >= 4 is 21.8 Å². The van der Waals surface area contributed by atoms with E-state index >= 15 is 0 Å². The van der Waals surface area contributed by atoms with E-state index in [-0.39, 0.29) is 4.90 Å². The van der Waals surface area contributed by atoms with Gasteiger partial charge in [0.05, 0.1) is 0 Å². The zero-order chi connectivity index (χ0) is 17.2. The van der Waals surface area contributed by atoms with Gasteiger partial charge in [0.2, 0.25) is 10.0 Å². The smallest absolute Gasteiger partial charge is 0.404 e. The van der Waals surface area contributed by atoms with Gasteiger partial charge in [0.1, 0.15) is 4.90 Å². The van der Waals surface area contributed by atoms with Crippen LogP contribution in [0.4, 0.5) is 13.2 Å². The summed E-state index contributed by atoms with van der Waals surface area (Å²) in [5.41, 5.74) is -0.835. The van der Waals surface area contributed by atoms with Crippen molar-refractivity contribution in [1.29, 1.82) is 0 Å². The fraction of sp³-hybridized carbons (Fsp3) is 0.538. The molecule has 1 aromatic rings. The molecule has 0 aromatic heterocycles. The SMILES string of the molecule is CCSc1cccc(OC(F)(F)F)c1S(=O)(=O)NC(C)(C)C. The van der Waals surface area contributed by atoms with Crippen molar-refractivity contribution in [2.75, 3.05) is 5.75 Å². The summed E-state index contributed by atoms with van der Waals surface area (Å²) in [7, 11) is -4.17. The number of thioether (sulfide) groups is 1. The molecular formula is C13H18F3NO3S2. The van der Waals surface area contributed by atoms with Crippen LogP contribution in [-0.2, 0) is 10.0 Å². The number of halogens is 3. The highest BCUT2D eigenvalue weighted by atomic mass is 32.2. The number of hydrogen-bond donors (Lipinski definition) is 1. The number of benzene rings is 1. The Kier molecular flexibility index (Phi) is 5.80. The molecule has 1 rings (SSSR count). The molecule has 0 aliphatic carbocycles. The fourth-order valence-electron chi connectivity index (χ4n) is 1.69. The number of alkyl halides is 3. The standard InChI is InChI=1S/C13H18F3NO3S2/c1-5-21-10-8-6-7-9(20-13(14,15)16)11(10)22(18,19)17-12(2,3)4/h6-8,17H,5H2,1-4H3. The van der Waals surface area contributed by atoms with Crippen LogP contribution >= 0.6 is 11.8 Å². The number of nitrogens with one attached hydrogen (secondary N) is 1. The Morgan fingerprint density at radius 2 is 1.82 bits per heavy atom. The number of rotatable bonds is 5. The van der Waals surface area contributed by atoms with Gasteiger partial charge in [-0.05, 0) is 38.7 Å². The van der Waals surface area contributed by atoms with Gasteiger partial charge in [0.15, 0.2) is 5.75 Å². The minimum atomic E-state index is -4.97. The monoisotopic (exact) mass is 357 g/mol. The quantitative estimate of drug-likeness (QED) is 0.815. The normalized spacial score (nSPS) is 13.2. The summed E-state index contributed by atoms with van der Waals surface area (Å²) in [5.74, 6) is -0.226. The molecule has 22 heavy (non-hydrogen) atoms. The highest BCUT2D eigenvalue weighted by molar-refractivity contribution is 8.00. The van der Waals surface area contributed by atoms with Crippen LogP contribution in [0.2, 0.25) is 0 Å².